The van der Waals surface area contributed by atoms with Crippen molar-refractivity contribution in [1.29, 1.82) is 5.26 Å². The highest BCUT2D eigenvalue weighted by Crippen LogP contribution is 2.19. The van der Waals surface area contributed by atoms with E-state index >= 15 is 0 Å². The summed E-state index contributed by atoms with van der Waals surface area (Å²) < 4.78 is 49.4. The van der Waals surface area contributed by atoms with Crippen molar-refractivity contribution < 1.29 is 17.2 Å². The number of nitrogens with zero attached hydrogens (tertiary/aromatic N) is 1. The Bertz CT molecular complexity index is 534. The number of sulfonamides is 1. The molecule has 0 heterocycles. The van der Waals surface area contributed by atoms with Crippen molar-refractivity contribution >= 4 is 15.7 Å². The number of nitrogens with one attached hydrogen (secondary N) is 1. The lowest BCUT2D eigenvalue weighted by Crippen LogP contribution is -2.11. The normalized spacial score (nSPS) is 10.8. The predicted octanol–water partition coefficient (Wildman–Crippen LogP) is 1.21. The molecule has 1 rings (SSSR count). The molecule has 0 bridgehead atoms. The Balaban J connectivity index is 3.24. The van der Waals surface area contributed by atoms with Gasteiger partial charge in [0, 0.05) is 6.07 Å². The highest BCUT2D eigenvalue weighted by molar-refractivity contribution is 7.92. The molecule has 0 spiro atoms. The number of rotatable bonds is 2. The first kappa shape index (κ1) is 11.4. The molecule has 80 valence electrons. The molecular formula is C8H6F2N2O2S. The minimum Gasteiger partial charge on any atom is -0.281 e. The molecule has 1 N–H and O–H groups in total. The summed E-state index contributed by atoms with van der Waals surface area (Å²) in [6.45, 7) is 0. The Labute approximate surface area is 85.2 Å². The molecule has 15 heavy (non-hydrogen) atoms. The van der Waals surface area contributed by atoms with Gasteiger partial charge in [-0.05, 0) is 6.07 Å². The fraction of sp³-hybridized carbons (Fsp3) is 0.125. The third-order valence-corrected chi connectivity index (χ3v) is 2.06. The molecule has 0 aliphatic carbocycles. The first-order valence-corrected chi connectivity index (χ1v) is 5.59. The van der Waals surface area contributed by atoms with Gasteiger partial charge in [-0.3, -0.25) is 4.72 Å². The summed E-state index contributed by atoms with van der Waals surface area (Å²) in [7, 11) is -3.68. The molecule has 0 saturated carbocycles. The molecule has 7 heteroatoms. The number of nitriles is 1. The van der Waals surface area contributed by atoms with E-state index in [2.05, 4.69) is 0 Å². The second kappa shape index (κ2) is 3.82. The van der Waals surface area contributed by atoms with Crippen molar-refractivity contribution in [3.8, 4) is 6.07 Å². The fourth-order valence-corrected chi connectivity index (χ4v) is 1.47. The van der Waals surface area contributed by atoms with Gasteiger partial charge in [0.15, 0.2) is 0 Å². The summed E-state index contributed by atoms with van der Waals surface area (Å²) in [5.74, 6) is -1.98. The molecule has 0 aliphatic rings. The zero-order valence-corrected chi connectivity index (χ0v) is 8.40. The molecule has 0 amide bonds. The van der Waals surface area contributed by atoms with Crippen LogP contribution in [0.5, 0.6) is 0 Å². The van der Waals surface area contributed by atoms with Crippen LogP contribution in [0.2, 0.25) is 0 Å². The quantitative estimate of drug-likeness (QED) is 0.833. The minimum absolute atomic E-state index is 0.480. The maximum atomic E-state index is 13.1. The summed E-state index contributed by atoms with van der Waals surface area (Å²) in [4.78, 5) is 0. The van der Waals surface area contributed by atoms with Gasteiger partial charge >= 0.3 is 0 Å². The Morgan fingerprint density at radius 3 is 2.40 bits per heavy atom. The van der Waals surface area contributed by atoms with Crippen LogP contribution in [0.25, 0.3) is 0 Å². The summed E-state index contributed by atoms with van der Waals surface area (Å²) >= 11 is 0. The molecule has 0 aliphatic heterocycles. The van der Waals surface area contributed by atoms with Crippen molar-refractivity contribution in [2.24, 2.45) is 0 Å². The van der Waals surface area contributed by atoms with Gasteiger partial charge in [0.2, 0.25) is 10.0 Å². The average molecular weight is 232 g/mol. The molecule has 0 unspecified atom stereocenters. The van der Waals surface area contributed by atoms with Crippen molar-refractivity contribution in [3.05, 3.63) is 29.3 Å². The maximum Gasteiger partial charge on any atom is 0.229 e. The number of halogens is 2. The smallest absolute Gasteiger partial charge is 0.229 e. The first-order valence-electron chi connectivity index (χ1n) is 3.70. The second-order valence-electron chi connectivity index (χ2n) is 2.80. The zero-order valence-electron chi connectivity index (χ0n) is 7.58. The number of hydrogen-bond donors (Lipinski definition) is 1. The van der Waals surface area contributed by atoms with E-state index in [1.807, 2.05) is 0 Å². The van der Waals surface area contributed by atoms with Gasteiger partial charge in [0.1, 0.15) is 17.7 Å². The summed E-state index contributed by atoms with van der Waals surface area (Å²) in [6.07, 6.45) is 0.808. The lowest BCUT2D eigenvalue weighted by atomic mass is 10.2. The molecule has 0 fully saturated rings. The van der Waals surface area contributed by atoms with Crippen molar-refractivity contribution in [2.75, 3.05) is 11.0 Å². The second-order valence-corrected chi connectivity index (χ2v) is 4.55. The summed E-state index contributed by atoms with van der Waals surface area (Å²) in [5, 5.41) is 8.37. The molecule has 1 aromatic rings. The van der Waals surface area contributed by atoms with Gasteiger partial charge in [0.25, 0.3) is 0 Å². The average Bonchev–Trinajstić information content (AvgIpc) is 2.08. The number of benzene rings is 1. The van der Waals surface area contributed by atoms with Crippen LogP contribution in [0.15, 0.2) is 12.1 Å². The minimum atomic E-state index is -3.68. The van der Waals surface area contributed by atoms with Gasteiger partial charge in [0.05, 0.1) is 17.5 Å². The van der Waals surface area contributed by atoms with Crippen LogP contribution in [-0.2, 0) is 10.0 Å². The number of hydrogen-bond acceptors (Lipinski definition) is 3. The van der Waals surface area contributed by atoms with E-state index in [0.29, 0.717) is 12.1 Å². The fourth-order valence-electron chi connectivity index (χ4n) is 0.910. The van der Waals surface area contributed by atoms with E-state index < -0.39 is 32.9 Å². The van der Waals surface area contributed by atoms with Crippen LogP contribution in [0.3, 0.4) is 0 Å². The highest BCUT2D eigenvalue weighted by Gasteiger charge is 2.12. The highest BCUT2D eigenvalue weighted by atomic mass is 32.2. The number of anilines is 1. The van der Waals surface area contributed by atoms with Crippen LogP contribution in [0, 0.1) is 23.0 Å². The molecule has 0 atom stereocenters. The standard InChI is InChI=1S/C8H6F2N2O2S/c1-15(13,14)12-8-3-6(9)5(4-11)2-7(8)10/h2-3,12H,1H3. The van der Waals surface area contributed by atoms with Gasteiger partial charge in [-0.25, -0.2) is 17.2 Å². The van der Waals surface area contributed by atoms with Crippen LogP contribution < -0.4 is 4.72 Å². The lowest BCUT2D eigenvalue weighted by molar-refractivity contribution is 0.595. The van der Waals surface area contributed by atoms with Crippen LogP contribution >= 0.6 is 0 Å². The monoisotopic (exact) mass is 232 g/mol. The van der Waals surface area contributed by atoms with Crippen LogP contribution in [-0.4, -0.2) is 14.7 Å². The summed E-state index contributed by atoms with van der Waals surface area (Å²) in [6, 6.07) is 2.68. The van der Waals surface area contributed by atoms with E-state index in [1.54, 1.807) is 4.72 Å². The van der Waals surface area contributed by atoms with Gasteiger partial charge in [-0.15, -0.1) is 0 Å². The van der Waals surface area contributed by atoms with E-state index in [0.717, 1.165) is 6.26 Å². The predicted molar refractivity (Wildman–Crippen MR) is 49.5 cm³/mol. The molecule has 4 nitrogen and oxygen atoms in total. The summed E-state index contributed by atoms with van der Waals surface area (Å²) in [5.41, 5.74) is -0.999. The molecular weight excluding hydrogens is 226 g/mol. The van der Waals surface area contributed by atoms with Gasteiger partial charge < -0.3 is 0 Å². The van der Waals surface area contributed by atoms with Crippen LogP contribution in [0.1, 0.15) is 5.56 Å². The Hall–Kier alpha value is -1.68. The van der Waals surface area contributed by atoms with Crippen molar-refractivity contribution in [2.45, 2.75) is 0 Å². The Kier molecular flexibility index (Phi) is 2.90. The van der Waals surface area contributed by atoms with E-state index in [1.165, 1.54) is 6.07 Å². The lowest BCUT2D eigenvalue weighted by Gasteiger charge is -2.05. The Morgan fingerprint density at radius 1 is 1.33 bits per heavy atom. The Morgan fingerprint density at radius 2 is 1.93 bits per heavy atom. The molecule has 0 saturated heterocycles. The van der Waals surface area contributed by atoms with Crippen LogP contribution in [0.4, 0.5) is 14.5 Å². The maximum absolute atomic E-state index is 13.1. The van der Waals surface area contributed by atoms with Crippen molar-refractivity contribution in [3.63, 3.8) is 0 Å². The van der Waals surface area contributed by atoms with Gasteiger partial charge in [-0.1, -0.05) is 0 Å². The van der Waals surface area contributed by atoms with E-state index in [4.69, 9.17) is 5.26 Å². The molecule has 0 aromatic heterocycles. The van der Waals surface area contributed by atoms with E-state index in [9.17, 15) is 17.2 Å². The molecule has 1 aromatic carbocycles. The first-order chi connectivity index (χ1) is 6.83. The zero-order chi connectivity index (χ0) is 11.6. The van der Waals surface area contributed by atoms with Crippen molar-refractivity contribution in [1.82, 2.24) is 0 Å². The largest absolute Gasteiger partial charge is 0.281 e. The molecule has 0 radical (unpaired) electrons. The third kappa shape index (κ3) is 2.89. The third-order valence-electron chi connectivity index (χ3n) is 1.47. The topological polar surface area (TPSA) is 70.0 Å². The van der Waals surface area contributed by atoms with E-state index in [-0.39, 0.29) is 0 Å². The van der Waals surface area contributed by atoms with Gasteiger partial charge in [-0.2, -0.15) is 5.26 Å². The SMILES string of the molecule is CS(=O)(=O)Nc1cc(F)c(C#N)cc1F.